The van der Waals surface area contributed by atoms with Crippen molar-refractivity contribution in [1.82, 2.24) is 29.8 Å². The summed E-state index contributed by atoms with van der Waals surface area (Å²) >= 11 is 0. The Balaban J connectivity index is 1.74. The van der Waals surface area contributed by atoms with Gasteiger partial charge in [-0.25, -0.2) is 15.0 Å². The predicted octanol–water partition coefficient (Wildman–Crippen LogP) is 1.84. The summed E-state index contributed by atoms with van der Waals surface area (Å²) in [5, 5.41) is 3.77. The highest BCUT2D eigenvalue weighted by Gasteiger charge is 2.17. The van der Waals surface area contributed by atoms with E-state index in [0.717, 1.165) is 45.0 Å². The SMILES string of the molecule is COCC(=O)NCc1cccc(-c2cc3c(nc(N(C)C)c4ncn(C)c43)[nH]2)n1. The normalized spacial score (nSPS) is 11.3. The fourth-order valence-corrected chi connectivity index (χ4v) is 3.33. The zero-order chi connectivity index (χ0) is 20.5. The number of pyridine rings is 2. The van der Waals surface area contributed by atoms with Crippen LogP contribution < -0.4 is 10.2 Å². The summed E-state index contributed by atoms with van der Waals surface area (Å²) in [6, 6.07) is 7.77. The number of hydrogen-bond acceptors (Lipinski definition) is 6. The van der Waals surface area contributed by atoms with Gasteiger partial charge in [-0.3, -0.25) is 4.79 Å². The van der Waals surface area contributed by atoms with Gasteiger partial charge in [0.1, 0.15) is 17.8 Å². The molecule has 0 spiro atoms. The van der Waals surface area contributed by atoms with Crippen molar-refractivity contribution >= 4 is 33.8 Å². The minimum atomic E-state index is -0.177. The number of aromatic amines is 1. The number of fused-ring (bicyclic) bond motifs is 3. The summed E-state index contributed by atoms with van der Waals surface area (Å²) in [5.41, 5.74) is 5.06. The third-order valence-electron chi connectivity index (χ3n) is 4.67. The van der Waals surface area contributed by atoms with Gasteiger partial charge in [-0.15, -0.1) is 0 Å². The van der Waals surface area contributed by atoms with Crippen LogP contribution in [0, 0.1) is 0 Å². The molecule has 9 nitrogen and oxygen atoms in total. The van der Waals surface area contributed by atoms with E-state index in [2.05, 4.69) is 20.3 Å². The molecule has 1 amide bonds. The largest absolute Gasteiger partial charge is 0.375 e. The lowest BCUT2D eigenvalue weighted by Crippen LogP contribution is -2.26. The lowest BCUT2D eigenvalue weighted by atomic mass is 10.2. The molecule has 0 saturated heterocycles. The molecule has 4 aromatic rings. The van der Waals surface area contributed by atoms with E-state index < -0.39 is 0 Å². The number of aromatic nitrogens is 5. The number of methoxy groups -OCH3 is 1. The molecule has 0 fully saturated rings. The Morgan fingerprint density at radius 3 is 2.90 bits per heavy atom. The smallest absolute Gasteiger partial charge is 0.246 e. The maximum Gasteiger partial charge on any atom is 0.246 e. The summed E-state index contributed by atoms with van der Waals surface area (Å²) in [6.07, 6.45) is 1.80. The van der Waals surface area contributed by atoms with Gasteiger partial charge in [-0.2, -0.15) is 0 Å². The van der Waals surface area contributed by atoms with Crippen molar-refractivity contribution in [2.45, 2.75) is 6.54 Å². The van der Waals surface area contributed by atoms with Crippen LogP contribution in [0.15, 0.2) is 30.6 Å². The standard InChI is InChI=1S/C20H23N7O2/c1-26(2)20-17-18(27(3)11-22-17)13-8-15(24-19(13)25-20)14-7-5-6-12(23-14)9-21-16(28)10-29-4/h5-8,11H,9-10H2,1-4H3,(H,21,28)(H,24,25). The fourth-order valence-electron chi connectivity index (χ4n) is 3.33. The van der Waals surface area contributed by atoms with E-state index in [9.17, 15) is 4.79 Å². The maximum atomic E-state index is 11.6. The third-order valence-corrected chi connectivity index (χ3v) is 4.67. The molecule has 4 rings (SSSR count). The molecule has 0 radical (unpaired) electrons. The summed E-state index contributed by atoms with van der Waals surface area (Å²) in [7, 11) is 7.37. The summed E-state index contributed by atoms with van der Waals surface area (Å²) in [5.74, 6) is 0.633. The van der Waals surface area contributed by atoms with Crippen LogP contribution in [0.2, 0.25) is 0 Å². The minimum Gasteiger partial charge on any atom is -0.375 e. The molecule has 2 N–H and O–H groups in total. The highest BCUT2D eigenvalue weighted by molar-refractivity contribution is 6.07. The van der Waals surface area contributed by atoms with Gasteiger partial charge >= 0.3 is 0 Å². The highest BCUT2D eigenvalue weighted by Crippen LogP contribution is 2.32. The fraction of sp³-hybridized carbons (Fsp3) is 0.300. The maximum absolute atomic E-state index is 11.6. The van der Waals surface area contributed by atoms with Crippen molar-refractivity contribution in [2.75, 3.05) is 32.7 Å². The van der Waals surface area contributed by atoms with Crippen LogP contribution in [0.1, 0.15) is 5.69 Å². The van der Waals surface area contributed by atoms with Gasteiger partial charge in [-0.05, 0) is 18.2 Å². The average molecular weight is 393 g/mol. The van der Waals surface area contributed by atoms with Gasteiger partial charge in [0, 0.05) is 33.6 Å². The van der Waals surface area contributed by atoms with Crippen LogP contribution in [0.25, 0.3) is 33.5 Å². The highest BCUT2D eigenvalue weighted by atomic mass is 16.5. The summed E-state index contributed by atoms with van der Waals surface area (Å²) in [4.78, 5) is 30.9. The van der Waals surface area contributed by atoms with E-state index in [1.54, 1.807) is 6.33 Å². The second-order valence-electron chi connectivity index (χ2n) is 7.05. The Kier molecular flexibility index (Phi) is 4.89. The monoisotopic (exact) mass is 393 g/mol. The predicted molar refractivity (Wildman–Crippen MR) is 112 cm³/mol. The van der Waals surface area contributed by atoms with Crippen molar-refractivity contribution < 1.29 is 9.53 Å². The molecule has 0 aliphatic carbocycles. The number of carbonyl (C=O) groups excluding carboxylic acids is 1. The van der Waals surface area contributed by atoms with Gasteiger partial charge in [-0.1, -0.05) is 6.07 Å². The van der Waals surface area contributed by atoms with E-state index in [0.29, 0.717) is 6.54 Å². The van der Waals surface area contributed by atoms with E-state index in [-0.39, 0.29) is 12.5 Å². The number of carbonyl (C=O) groups is 1. The molecule has 0 bridgehead atoms. The summed E-state index contributed by atoms with van der Waals surface area (Å²) < 4.78 is 6.83. The van der Waals surface area contributed by atoms with Crippen LogP contribution in [-0.2, 0) is 23.1 Å². The number of imidazole rings is 1. The van der Waals surface area contributed by atoms with Crippen molar-refractivity contribution in [3.05, 3.63) is 36.3 Å². The molecular weight excluding hydrogens is 370 g/mol. The van der Waals surface area contributed by atoms with E-state index in [1.807, 2.05) is 54.9 Å². The Labute approximate surface area is 167 Å². The second kappa shape index (κ2) is 7.51. The lowest BCUT2D eigenvalue weighted by Gasteiger charge is -2.12. The van der Waals surface area contributed by atoms with Crippen molar-refractivity contribution in [1.29, 1.82) is 0 Å². The van der Waals surface area contributed by atoms with Gasteiger partial charge in [0.05, 0.1) is 35.5 Å². The van der Waals surface area contributed by atoms with E-state index in [1.165, 1.54) is 7.11 Å². The number of amides is 1. The van der Waals surface area contributed by atoms with Gasteiger partial charge in [0.25, 0.3) is 0 Å². The number of ether oxygens (including phenoxy) is 1. The van der Waals surface area contributed by atoms with E-state index in [4.69, 9.17) is 9.72 Å². The number of rotatable bonds is 6. The van der Waals surface area contributed by atoms with Crippen LogP contribution in [0.5, 0.6) is 0 Å². The number of nitrogens with zero attached hydrogens (tertiary/aromatic N) is 5. The molecule has 0 aromatic carbocycles. The molecule has 29 heavy (non-hydrogen) atoms. The van der Waals surface area contributed by atoms with Crippen LogP contribution >= 0.6 is 0 Å². The summed E-state index contributed by atoms with van der Waals surface area (Å²) in [6.45, 7) is 0.369. The Morgan fingerprint density at radius 2 is 2.14 bits per heavy atom. The first-order valence-corrected chi connectivity index (χ1v) is 9.21. The van der Waals surface area contributed by atoms with Crippen LogP contribution in [0.4, 0.5) is 5.82 Å². The number of aryl methyl sites for hydroxylation is 1. The molecule has 0 unspecified atom stereocenters. The molecule has 9 heteroatoms. The van der Waals surface area contributed by atoms with Crippen LogP contribution in [-0.4, -0.2) is 58.2 Å². The molecular formula is C20H23N7O2. The first kappa shape index (κ1) is 18.9. The first-order chi connectivity index (χ1) is 14.0. The zero-order valence-electron chi connectivity index (χ0n) is 16.9. The molecule has 150 valence electrons. The molecule has 0 aliphatic rings. The first-order valence-electron chi connectivity index (χ1n) is 9.21. The molecule has 4 aromatic heterocycles. The Morgan fingerprint density at radius 1 is 1.31 bits per heavy atom. The topological polar surface area (TPSA) is 101 Å². The Hall–Kier alpha value is -3.46. The quantitative estimate of drug-likeness (QED) is 0.518. The molecule has 0 saturated carbocycles. The number of anilines is 1. The Bertz CT molecular complexity index is 1190. The minimum absolute atomic E-state index is 0.0300. The van der Waals surface area contributed by atoms with Gasteiger partial charge in [0.2, 0.25) is 5.91 Å². The molecule has 0 aliphatic heterocycles. The number of hydrogen-bond donors (Lipinski definition) is 2. The lowest BCUT2D eigenvalue weighted by molar-refractivity contribution is -0.124. The van der Waals surface area contributed by atoms with E-state index >= 15 is 0 Å². The molecule has 4 heterocycles. The molecule has 0 atom stereocenters. The third kappa shape index (κ3) is 3.52. The van der Waals surface area contributed by atoms with Crippen LogP contribution in [0.3, 0.4) is 0 Å². The van der Waals surface area contributed by atoms with Crippen molar-refractivity contribution in [2.24, 2.45) is 7.05 Å². The van der Waals surface area contributed by atoms with Gasteiger partial charge < -0.3 is 24.5 Å². The zero-order valence-corrected chi connectivity index (χ0v) is 16.9. The average Bonchev–Trinajstić information content (AvgIpc) is 3.29. The number of H-pyrrole nitrogens is 1. The number of nitrogens with one attached hydrogen (secondary N) is 2. The second-order valence-corrected chi connectivity index (χ2v) is 7.05. The van der Waals surface area contributed by atoms with Gasteiger partial charge in [0.15, 0.2) is 5.82 Å². The van der Waals surface area contributed by atoms with Crippen molar-refractivity contribution in [3.63, 3.8) is 0 Å². The van der Waals surface area contributed by atoms with Crippen molar-refractivity contribution in [3.8, 4) is 11.4 Å².